The Balaban J connectivity index is 2.75. The van der Waals surface area contributed by atoms with Crippen LogP contribution in [-0.2, 0) is 6.42 Å². The van der Waals surface area contributed by atoms with Gasteiger partial charge in [0.25, 0.3) is 0 Å². The molecule has 0 bridgehead atoms. The molecule has 0 fully saturated rings. The van der Waals surface area contributed by atoms with E-state index in [0.29, 0.717) is 11.8 Å². The number of aliphatic hydroxyl groups is 1. The number of hydrogen-bond acceptors (Lipinski definition) is 1. The van der Waals surface area contributed by atoms with Crippen LogP contribution in [0.2, 0.25) is 0 Å². The lowest BCUT2D eigenvalue weighted by atomic mass is 9.89. The molecule has 0 aliphatic carbocycles. The first kappa shape index (κ1) is 11.3. The summed E-state index contributed by atoms with van der Waals surface area (Å²) < 4.78 is 0. The molecule has 0 aromatic heterocycles. The van der Waals surface area contributed by atoms with Gasteiger partial charge in [0.05, 0.1) is 0 Å². The predicted octanol–water partition coefficient (Wildman–Crippen LogP) is 2.98. The van der Waals surface area contributed by atoms with Crippen molar-refractivity contribution in [2.24, 2.45) is 5.92 Å². The Labute approximate surface area is 86.8 Å². The standard InChI is InChI=1S/C13H20O/c1-4-12-5-7-13(8-6-12)11(3)10(2)9-14/h5-8,10-11,14H,4,9H2,1-3H3. The summed E-state index contributed by atoms with van der Waals surface area (Å²) in [4.78, 5) is 0. The van der Waals surface area contributed by atoms with Crippen molar-refractivity contribution in [2.75, 3.05) is 6.61 Å². The van der Waals surface area contributed by atoms with Crippen LogP contribution in [0.4, 0.5) is 0 Å². The average Bonchev–Trinajstić information content (AvgIpc) is 2.27. The molecule has 0 amide bonds. The van der Waals surface area contributed by atoms with Crippen molar-refractivity contribution >= 4 is 0 Å². The van der Waals surface area contributed by atoms with Gasteiger partial charge in [-0.2, -0.15) is 0 Å². The summed E-state index contributed by atoms with van der Waals surface area (Å²) in [5.41, 5.74) is 2.70. The number of aliphatic hydroxyl groups excluding tert-OH is 1. The maximum absolute atomic E-state index is 9.07. The summed E-state index contributed by atoms with van der Waals surface area (Å²) >= 11 is 0. The third-order valence-electron chi connectivity index (χ3n) is 3.06. The molecule has 2 atom stereocenters. The Bertz CT molecular complexity index is 263. The van der Waals surface area contributed by atoms with E-state index in [1.807, 2.05) is 0 Å². The smallest absolute Gasteiger partial charge is 0.0462 e. The van der Waals surface area contributed by atoms with E-state index >= 15 is 0 Å². The second-order valence-corrected chi connectivity index (χ2v) is 4.04. The lowest BCUT2D eigenvalue weighted by molar-refractivity contribution is 0.220. The van der Waals surface area contributed by atoms with E-state index in [2.05, 4.69) is 45.0 Å². The van der Waals surface area contributed by atoms with Gasteiger partial charge in [-0.1, -0.05) is 45.0 Å². The fraction of sp³-hybridized carbons (Fsp3) is 0.538. The topological polar surface area (TPSA) is 20.2 Å². The normalized spacial score (nSPS) is 15.1. The van der Waals surface area contributed by atoms with E-state index in [9.17, 15) is 0 Å². The van der Waals surface area contributed by atoms with Crippen LogP contribution < -0.4 is 0 Å². The molecule has 1 heteroatoms. The summed E-state index contributed by atoms with van der Waals surface area (Å²) in [6, 6.07) is 8.71. The number of hydrogen-bond donors (Lipinski definition) is 1. The van der Waals surface area contributed by atoms with E-state index in [-0.39, 0.29) is 6.61 Å². The first-order valence-electron chi connectivity index (χ1n) is 5.38. The molecule has 0 aliphatic heterocycles. The van der Waals surface area contributed by atoms with Gasteiger partial charge in [-0.25, -0.2) is 0 Å². The largest absolute Gasteiger partial charge is 0.396 e. The Kier molecular flexibility index (Phi) is 4.15. The minimum Gasteiger partial charge on any atom is -0.396 e. The lowest BCUT2D eigenvalue weighted by Gasteiger charge is -2.18. The summed E-state index contributed by atoms with van der Waals surface area (Å²) in [6.45, 7) is 6.67. The molecule has 0 saturated heterocycles. The number of aryl methyl sites for hydroxylation is 1. The summed E-state index contributed by atoms with van der Waals surface area (Å²) in [5.74, 6) is 0.772. The molecule has 2 unspecified atom stereocenters. The van der Waals surface area contributed by atoms with Gasteiger partial charge in [0.2, 0.25) is 0 Å². The van der Waals surface area contributed by atoms with Crippen molar-refractivity contribution in [3.8, 4) is 0 Å². The Hall–Kier alpha value is -0.820. The second-order valence-electron chi connectivity index (χ2n) is 4.04. The minimum atomic E-state index is 0.261. The van der Waals surface area contributed by atoms with Crippen LogP contribution in [0.3, 0.4) is 0 Å². The molecule has 0 radical (unpaired) electrons. The first-order chi connectivity index (χ1) is 6.69. The molecule has 0 saturated carbocycles. The molecule has 0 aliphatic rings. The number of benzene rings is 1. The quantitative estimate of drug-likeness (QED) is 0.777. The van der Waals surface area contributed by atoms with E-state index in [4.69, 9.17) is 5.11 Å². The minimum absolute atomic E-state index is 0.261. The third-order valence-corrected chi connectivity index (χ3v) is 3.06. The molecular formula is C13H20O. The molecular weight excluding hydrogens is 172 g/mol. The van der Waals surface area contributed by atoms with Crippen LogP contribution in [0, 0.1) is 5.92 Å². The molecule has 78 valence electrons. The maximum Gasteiger partial charge on any atom is 0.0462 e. The molecule has 1 nitrogen and oxygen atoms in total. The average molecular weight is 192 g/mol. The van der Waals surface area contributed by atoms with Crippen molar-refractivity contribution in [1.29, 1.82) is 0 Å². The van der Waals surface area contributed by atoms with E-state index in [1.165, 1.54) is 11.1 Å². The van der Waals surface area contributed by atoms with Crippen LogP contribution >= 0.6 is 0 Å². The predicted molar refractivity (Wildman–Crippen MR) is 60.5 cm³/mol. The van der Waals surface area contributed by atoms with Crippen LogP contribution in [-0.4, -0.2) is 11.7 Å². The highest BCUT2D eigenvalue weighted by molar-refractivity contribution is 5.25. The Morgan fingerprint density at radius 1 is 1.14 bits per heavy atom. The maximum atomic E-state index is 9.07. The number of rotatable bonds is 4. The van der Waals surface area contributed by atoms with Gasteiger partial charge in [0.15, 0.2) is 0 Å². The van der Waals surface area contributed by atoms with Crippen LogP contribution in [0.5, 0.6) is 0 Å². The molecule has 0 heterocycles. The summed E-state index contributed by atoms with van der Waals surface area (Å²) in [6.07, 6.45) is 1.09. The monoisotopic (exact) mass is 192 g/mol. The second kappa shape index (κ2) is 5.16. The highest BCUT2D eigenvalue weighted by Gasteiger charge is 2.12. The zero-order chi connectivity index (χ0) is 10.6. The van der Waals surface area contributed by atoms with Gasteiger partial charge < -0.3 is 5.11 Å². The summed E-state index contributed by atoms with van der Waals surface area (Å²) in [5, 5.41) is 9.07. The van der Waals surface area contributed by atoms with Crippen LogP contribution in [0.1, 0.15) is 37.8 Å². The third kappa shape index (κ3) is 2.58. The van der Waals surface area contributed by atoms with Crippen molar-refractivity contribution in [3.63, 3.8) is 0 Å². The highest BCUT2D eigenvalue weighted by atomic mass is 16.3. The van der Waals surface area contributed by atoms with Crippen molar-refractivity contribution in [2.45, 2.75) is 33.1 Å². The Morgan fingerprint density at radius 3 is 2.14 bits per heavy atom. The molecule has 1 aromatic rings. The fourth-order valence-corrected chi connectivity index (χ4v) is 1.54. The van der Waals surface area contributed by atoms with Crippen LogP contribution in [0.25, 0.3) is 0 Å². The van der Waals surface area contributed by atoms with Gasteiger partial charge in [0, 0.05) is 6.61 Å². The van der Waals surface area contributed by atoms with Gasteiger partial charge in [-0.05, 0) is 29.4 Å². The van der Waals surface area contributed by atoms with Gasteiger partial charge in [0.1, 0.15) is 0 Å². The van der Waals surface area contributed by atoms with Crippen molar-refractivity contribution in [1.82, 2.24) is 0 Å². The summed E-state index contributed by atoms with van der Waals surface area (Å²) in [7, 11) is 0. The molecule has 1 aromatic carbocycles. The zero-order valence-electron chi connectivity index (χ0n) is 9.33. The fourth-order valence-electron chi connectivity index (χ4n) is 1.54. The lowest BCUT2D eigenvalue weighted by Crippen LogP contribution is -2.10. The van der Waals surface area contributed by atoms with Gasteiger partial charge in [-0.15, -0.1) is 0 Å². The zero-order valence-corrected chi connectivity index (χ0v) is 9.33. The van der Waals surface area contributed by atoms with Crippen molar-refractivity contribution in [3.05, 3.63) is 35.4 Å². The van der Waals surface area contributed by atoms with E-state index < -0.39 is 0 Å². The van der Waals surface area contributed by atoms with E-state index in [0.717, 1.165) is 6.42 Å². The van der Waals surface area contributed by atoms with Gasteiger partial charge in [-0.3, -0.25) is 0 Å². The first-order valence-corrected chi connectivity index (χ1v) is 5.38. The molecule has 1 N–H and O–H groups in total. The molecule has 0 spiro atoms. The SMILES string of the molecule is CCc1ccc(C(C)C(C)CO)cc1. The molecule has 14 heavy (non-hydrogen) atoms. The highest BCUT2D eigenvalue weighted by Crippen LogP contribution is 2.23. The molecule has 1 rings (SSSR count). The van der Waals surface area contributed by atoms with Gasteiger partial charge >= 0.3 is 0 Å². The van der Waals surface area contributed by atoms with E-state index in [1.54, 1.807) is 0 Å². The van der Waals surface area contributed by atoms with Crippen molar-refractivity contribution < 1.29 is 5.11 Å². The Morgan fingerprint density at radius 2 is 1.71 bits per heavy atom. The van der Waals surface area contributed by atoms with Crippen LogP contribution in [0.15, 0.2) is 24.3 Å².